The molecule has 0 saturated carbocycles. The summed E-state index contributed by atoms with van der Waals surface area (Å²) in [5, 5.41) is 5.65. The van der Waals surface area contributed by atoms with Crippen LogP contribution in [0.3, 0.4) is 0 Å². The van der Waals surface area contributed by atoms with Crippen molar-refractivity contribution in [3.05, 3.63) is 0 Å². The predicted molar refractivity (Wildman–Crippen MR) is 64.1 cm³/mol. The molecular formula is C11H23N3O2. The highest BCUT2D eigenvalue weighted by Crippen LogP contribution is 1.91. The van der Waals surface area contributed by atoms with Crippen molar-refractivity contribution in [1.82, 2.24) is 15.5 Å². The Bertz CT molecular complexity index is 241. The average molecular weight is 229 g/mol. The molecular weight excluding hydrogens is 206 g/mol. The maximum Gasteiger partial charge on any atom is 0.244 e. The fraction of sp³-hybridized carbons (Fsp3) is 0.818. The molecule has 0 fully saturated rings. The van der Waals surface area contributed by atoms with Crippen LogP contribution in [0.5, 0.6) is 0 Å². The van der Waals surface area contributed by atoms with Gasteiger partial charge in [0.1, 0.15) is 6.04 Å². The van der Waals surface area contributed by atoms with E-state index < -0.39 is 6.04 Å². The summed E-state index contributed by atoms with van der Waals surface area (Å²) < 4.78 is 0. The summed E-state index contributed by atoms with van der Waals surface area (Å²) in [6, 6.07) is -0.207. The van der Waals surface area contributed by atoms with Crippen LogP contribution >= 0.6 is 0 Å². The highest BCUT2D eigenvalue weighted by Gasteiger charge is 2.17. The maximum absolute atomic E-state index is 11.6. The van der Waals surface area contributed by atoms with Gasteiger partial charge in [0.2, 0.25) is 11.8 Å². The summed E-state index contributed by atoms with van der Waals surface area (Å²) in [7, 11) is 1.72. The Kier molecular flexibility index (Phi) is 6.72. The molecule has 1 atom stereocenters. The topological polar surface area (TPSA) is 61.4 Å². The molecule has 0 rings (SSSR count). The van der Waals surface area contributed by atoms with E-state index in [4.69, 9.17) is 0 Å². The van der Waals surface area contributed by atoms with Crippen LogP contribution in [0.2, 0.25) is 0 Å². The fourth-order valence-corrected chi connectivity index (χ4v) is 1.14. The van der Waals surface area contributed by atoms with Crippen molar-refractivity contribution < 1.29 is 9.59 Å². The van der Waals surface area contributed by atoms with Gasteiger partial charge in [-0.05, 0) is 13.8 Å². The second-order valence-corrected chi connectivity index (χ2v) is 4.18. The number of carbonyl (C=O) groups is 2. The highest BCUT2D eigenvalue weighted by molar-refractivity contribution is 5.87. The summed E-state index contributed by atoms with van der Waals surface area (Å²) in [6.07, 6.45) is 0. The molecule has 0 aromatic carbocycles. The largest absolute Gasteiger partial charge is 0.344 e. The summed E-state index contributed by atoms with van der Waals surface area (Å²) in [5.41, 5.74) is 0. The smallest absolute Gasteiger partial charge is 0.244 e. The van der Waals surface area contributed by atoms with E-state index in [2.05, 4.69) is 10.6 Å². The molecule has 16 heavy (non-hydrogen) atoms. The minimum atomic E-state index is -0.466. The van der Waals surface area contributed by atoms with E-state index in [0.717, 1.165) is 0 Å². The molecule has 0 heterocycles. The van der Waals surface area contributed by atoms with Gasteiger partial charge < -0.3 is 15.5 Å². The number of nitrogens with one attached hydrogen (secondary N) is 2. The molecule has 5 nitrogen and oxygen atoms in total. The molecule has 0 radical (unpaired) electrons. The van der Waals surface area contributed by atoms with Crippen LogP contribution in [0.4, 0.5) is 0 Å². The van der Waals surface area contributed by atoms with Gasteiger partial charge in [-0.2, -0.15) is 0 Å². The van der Waals surface area contributed by atoms with Crippen molar-refractivity contribution in [1.29, 1.82) is 0 Å². The number of hydrogen-bond donors (Lipinski definition) is 2. The molecule has 0 aliphatic rings. The molecule has 0 aromatic rings. The Hall–Kier alpha value is -1.10. The molecule has 0 spiro atoms. The molecule has 2 amide bonds. The first-order chi connectivity index (χ1) is 7.38. The highest BCUT2D eigenvalue weighted by atomic mass is 16.2. The third-order valence-corrected chi connectivity index (χ3v) is 2.27. The molecule has 0 saturated heterocycles. The molecule has 1 unspecified atom stereocenters. The molecule has 0 aromatic heterocycles. The van der Waals surface area contributed by atoms with Crippen LogP contribution in [0, 0.1) is 0 Å². The van der Waals surface area contributed by atoms with Crippen LogP contribution in [-0.4, -0.2) is 48.9 Å². The SMILES string of the molecule is CCN(C)C(=O)C(C)NC(=O)CNC(C)C. The first kappa shape index (κ1) is 14.9. The maximum atomic E-state index is 11.6. The zero-order valence-corrected chi connectivity index (χ0v) is 10.8. The summed E-state index contributed by atoms with van der Waals surface area (Å²) in [6.45, 7) is 8.41. The molecule has 5 heteroatoms. The molecule has 0 aliphatic carbocycles. The lowest BCUT2D eigenvalue weighted by molar-refractivity contribution is -0.134. The second-order valence-electron chi connectivity index (χ2n) is 4.18. The third-order valence-electron chi connectivity index (χ3n) is 2.27. The van der Waals surface area contributed by atoms with E-state index in [-0.39, 0.29) is 24.4 Å². The van der Waals surface area contributed by atoms with Gasteiger partial charge in [-0.15, -0.1) is 0 Å². The standard InChI is InChI=1S/C11H23N3O2/c1-6-14(5)11(16)9(4)13-10(15)7-12-8(2)3/h8-9,12H,6-7H2,1-5H3,(H,13,15). The van der Waals surface area contributed by atoms with Crippen molar-refractivity contribution in [2.45, 2.75) is 39.8 Å². The van der Waals surface area contributed by atoms with Crippen LogP contribution in [0.25, 0.3) is 0 Å². The van der Waals surface area contributed by atoms with Gasteiger partial charge in [-0.3, -0.25) is 9.59 Å². The van der Waals surface area contributed by atoms with Gasteiger partial charge in [0.05, 0.1) is 6.54 Å². The minimum absolute atomic E-state index is 0.0691. The molecule has 0 aliphatic heterocycles. The van der Waals surface area contributed by atoms with Crippen molar-refractivity contribution >= 4 is 11.8 Å². The number of amides is 2. The van der Waals surface area contributed by atoms with Crippen LogP contribution in [0.15, 0.2) is 0 Å². The Morgan fingerprint density at radius 3 is 2.25 bits per heavy atom. The van der Waals surface area contributed by atoms with Crippen LogP contribution in [-0.2, 0) is 9.59 Å². The Morgan fingerprint density at radius 1 is 1.25 bits per heavy atom. The van der Waals surface area contributed by atoms with Crippen molar-refractivity contribution in [2.24, 2.45) is 0 Å². The molecule has 0 bridgehead atoms. The molecule has 94 valence electrons. The van der Waals surface area contributed by atoms with E-state index in [1.807, 2.05) is 20.8 Å². The van der Waals surface area contributed by atoms with E-state index in [1.54, 1.807) is 18.9 Å². The average Bonchev–Trinajstić information content (AvgIpc) is 2.24. The van der Waals surface area contributed by atoms with Crippen molar-refractivity contribution in [2.75, 3.05) is 20.1 Å². The second kappa shape index (κ2) is 7.22. The van der Waals surface area contributed by atoms with Gasteiger partial charge in [0.15, 0.2) is 0 Å². The lowest BCUT2D eigenvalue weighted by Gasteiger charge is -2.20. The molecule has 2 N–H and O–H groups in total. The number of likely N-dealkylation sites (N-methyl/N-ethyl adjacent to an activating group) is 1. The summed E-state index contributed by atoms with van der Waals surface area (Å²) >= 11 is 0. The van der Waals surface area contributed by atoms with Gasteiger partial charge in [-0.1, -0.05) is 13.8 Å². The van der Waals surface area contributed by atoms with E-state index in [1.165, 1.54) is 0 Å². The van der Waals surface area contributed by atoms with Crippen LogP contribution < -0.4 is 10.6 Å². The number of carbonyl (C=O) groups excluding carboxylic acids is 2. The van der Waals surface area contributed by atoms with Gasteiger partial charge in [0.25, 0.3) is 0 Å². The fourth-order valence-electron chi connectivity index (χ4n) is 1.14. The lowest BCUT2D eigenvalue weighted by atomic mass is 10.3. The van der Waals surface area contributed by atoms with Crippen molar-refractivity contribution in [3.8, 4) is 0 Å². The zero-order valence-electron chi connectivity index (χ0n) is 10.8. The Labute approximate surface area is 97.6 Å². The van der Waals surface area contributed by atoms with Gasteiger partial charge >= 0.3 is 0 Å². The Balaban J connectivity index is 3.99. The van der Waals surface area contributed by atoms with Crippen LogP contribution in [0.1, 0.15) is 27.7 Å². The van der Waals surface area contributed by atoms with E-state index >= 15 is 0 Å². The quantitative estimate of drug-likeness (QED) is 0.672. The first-order valence-electron chi connectivity index (χ1n) is 5.66. The number of hydrogen-bond acceptors (Lipinski definition) is 3. The van der Waals surface area contributed by atoms with Gasteiger partial charge in [0, 0.05) is 19.6 Å². The normalized spacial score (nSPS) is 12.4. The minimum Gasteiger partial charge on any atom is -0.344 e. The predicted octanol–water partition coefficient (Wildman–Crippen LogP) is -0.0326. The summed E-state index contributed by atoms with van der Waals surface area (Å²) in [5.74, 6) is -0.223. The van der Waals surface area contributed by atoms with E-state index in [9.17, 15) is 9.59 Å². The monoisotopic (exact) mass is 229 g/mol. The summed E-state index contributed by atoms with van der Waals surface area (Å²) in [4.78, 5) is 24.7. The van der Waals surface area contributed by atoms with Crippen molar-refractivity contribution in [3.63, 3.8) is 0 Å². The lowest BCUT2D eigenvalue weighted by Crippen LogP contribution is -2.48. The number of nitrogens with zero attached hydrogens (tertiary/aromatic N) is 1. The Morgan fingerprint density at radius 2 is 1.81 bits per heavy atom. The zero-order chi connectivity index (χ0) is 12.7. The number of rotatable bonds is 6. The van der Waals surface area contributed by atoms with E-state index in [0.29, 0.717) is 6.54 Å². The van der Waals surface area contributed by atoms with Gasteiger partial charge in [-0.25, -0.2) is 0 Å². The first-order valence-corrected chi connectivity index (χ1v) is 5.66. The third kappa shape index (κ3) is 5.70.